The van der Waals surface area contributed by atoms with Gasteiger partial charge in [-0.3, -0.25) is 19.2 Å². The fraction of sp³-hybridized carbons (Fsp3) is 0.643. The molecule has 0 rings (SSSR count). The van der Waals surface area contributed by atoms with Gasteiger partial charge < -0.3 is 37.0 Å². The van der Waals surface area contributed by atoms with Crippen LogP contribution in [-0.2, 0) is 24.0 Å². The second-order valence-electron chi connectivity index (χ2n) is 5.79. The molecule has 0 spiro atoms. The van der Waals surface area contributed by atoms with Crippen LogP contribution >= 0.6 is 0 Å². The third kappa shape index (κ3) is 8.39. The van der Waals surface area contributed by atoms with Gasteiger partial charge in [0.05, 0.1) is 25.6 Å². The maximum absolute atomic E-state index is 12.1. The molecule has 0 bridgehead atoms. The Balaban J connectivity index is 4.68. The highest BCUT2D eigenvalue weighted by atomic mass is 16.4. The van der Waals surface area contributed by atoms with Crippen molar-refractivity contribution >= 4 is 29.7 Å². The van der Waals surface area contributed by atoms with E-state index in [9.17, 15) is 24.0 Å². The third-order valence-corrected chi connectivity index (χ3v) is 3.22. The standard InChI is InChI=1S/C14H24N4O8/c1-6(2)11(13(24)17-8(5-19)14(25)26)18-9(20)4-16-12(23)7(15)3-10(21)22/h6-8,11,19H,3-5,15H2,1-2H3,(H,16,23)(H,17,24)(H,18,20)(H,21,22)(H,25,26). The molecule has 0 radical (unpaired) electrons. The summed E-state index contributed by atoms with van der Waals surface area (Å²) in [6, 6.07) is -3.96. The molecular formula is C14H24N4O8. The lowest BCUT2D eigenvalue weighted by molar-refractivity contribution is -0.143. The van der Waals surface area contributed by atoms with Crippen molar-refractivity contribution in [2.75, 3.05) is 13.2 Å². The molecule has 0 aromatic heterocycles. The number of aliphatic hydroxyl groups is 1. The molecule has 0 fully saturated rings. The molecule has 12 heteroatoms. The lowest BCUT2D eigenvalue weighted by Crippen LogP contribution is -2.56. The van der Waals surface area contributed by atoms with Crippen molar-refractivity contribution < 1.29 is 39.3 Å². The Morgan fingerprint density at radius 3 is 2.00 bits per heavy atom. The van der Waals surface area contributed by atoms with E-state index < -0.39 is 73.3 Å². The number of amides is 3. The van der Waals surface area contributed by atoms with Gasteiger partial charge in [0, 0.05) is 0 Å². The van der Waals surface area contributed by atoms with Crippen LogP contribution in [0.2, 0.25) is 0 Å². The molecule has 0 saturated carbocycles. The van der Waals surface area contributed by atoms with Crippen LogP contribution in [0.3, 0.4) is 0 Å². The number of carboxylic acids is 2. The largest absolute Gasteiger partial charge is 0.481 e. The first-order valence-electron chi connectivity index (χ1n) is 7.68. The summed E-state index contributed by atoms with van der Waals surface area (Å²) in [5.74, 6) is -5.55. The Morgan fingerprint density at radius 1 is 1.00 bits per heavy atom. The van der Waals surface area contributed by atoms with Gasteiger partial charge in [0.25, 0.3) is 0 Å². The average Bonchev–Trinajstić information content (AvgIpc) is 2.53. The number of carboxylic acid groups (broad SMARTS) is 2. The van der Waals surface area contributed by atoms with Gasteiger partial charge in [-0.25, -0.2) is 4.79 Å². The van der Waals surface area contributed by atoms with E-state index in [4.69, 9.17) is 21.1 Å². The molecule has 0 aromatic carbocycles. The van der Waals surface area contributed by atoms with Gasteiger partial charge in [0.15, 0.2) is 0 Å². The molecule has 0 aliphatic carbocycles. The van der Waals surface area contributed by atoms with E-state index in [1.54, 1.807) is 13.8 Å². The molecule has 3 unspecified atom stereocenters. The van der Waals surface area contributed by atoms with E-state index >= 15 is 0 Å². The minimum atomic E-state index is -1.52. The SMILES string of the molecule is CC(C)C(NC(=O)CNC(=O)C(N)CC(=O)O)C(=O)NC(CO)C(=O)O. The smallest absolute Gasteiger partial charge is 0.328 e. The Labute approximate surface area is 149 Å². The molecule has 0 aliphatic heterocycles. The fourth-order valence-corrected chi connectivity index (χ4v) is 1.79. The molecule has 8 N–H and O–H groups in total. The van der Waals surface area contributed by atoms with Gasteiger partial charge >= 0.3 is 11.9 Å². The van der Waals surface area contributed by atoms with Crippen LogP contribution in [0.4, 0.5) is 0 Å². The zero-order chi connectivity index (χ0) is 20.4. The molecule has 3 atom stereocenters. The van der Waals surface area contributed by atoms with Gasteiger partial charge in [-0.05, 0) is 5.92 Å². The van der Waals surface area contributed by atoms with E-state index in [1.807, 2.05) is 0 Å². The van der Waals surface area contributed by atoms with Gasteiger partial charge in [0.1, 0.15) is 12.1 Å². The molecule has 148 valence electrons. The fourth-order valence-electron chi connectivity index (χ4n) is 1.79. The van der Waals surface area contributed by atoms with Crippen LogP contribution in [0.1, 0.15) is 20.3 Å². The molecular weight excluding hydrogens is 352 g/mol. The number of aliphatic hydroxyl groups excluding tert-OH is 1. The van der Waals surface area contributed by atoms with Crippen molar-refractivity contribution in [2.24, 2.45) is 11.7 Å². The molecule has 0 heterocycles. The highest BCUT2D eigenvalue weighted by molar-refractivity contribution is 5.93. The monoisotopic (exact) mass is 376 g/mol. The maximum atomic E-state index is 12.1. The zero-order valence-electron chi connectivity index (χ0n) is 14.4. The summed E-state index contributed by atoms with van der Waals surface area (Å²) in [5, 5.41) is 32.8. The van der Waals surface area contributed by atoms with E-state index in [1.165, 1.54) is 0 Å². The molecule has 12 nitrogen and oxygen atoms in total. The highest BCUT2D eigenvalue weighted by Crippen LogP contribution is 2.02. The first kappa shape index (κ1) is 23.3. The molecule has 0 saturated heterocycles. The summed E-state index contributed by atoms with van der Waals surface area (Å²) < 4.78 is 0. The molecule has 0 aliphatic rings. The normalized spacial score (nSPS) is 14.0. The summed E-state index contributed by atoms with van der Waals surface area (Å²) in [6.07, 6.45) is -0.609. The number of hydrogen-bond donors (Lipinski definition) is 7. The van der Waals surface area contributed by atoms with Crippen molar-refractivity contribution in [3.63, 3.8) is 0 Å². The van der Waals surface area contributed by atoms with E-state index in [-0.39, 0.29) is 0 Å². The van der Waals surface area contributed by atoms with Gasteiger partial charge in [-0.1, -0.05) is 13.8 Å². The number of hydrogen-bond acceptors (Lipinski definition) is 7. The van der Waals surface area contributed by atoms with Crippen LogP contribution in [-0.4, -0.2) is 76.3 Å². The Kier molecular flexibility index (Phi) is 9.84. The van der Waals surface area contributed by atoms with Crippen molar-refractivity contribution in [1.29, 1.82) is 0 Å². The Hall–Kier alpha value is -2.73. The van der Waals surface area contributed by atoms with Gasteiger partial charge in [-0.2, -0.15) is 0 Å². The number of aliphatic carboxylic acids is 2. The summed E-state index contributed by atoms with van der Waals surface area (Å²) in [6.45, 7) is 1.82. The third-order valence-electron chi connectivity index (χ3n) is 3.22. The predicted octanol–water partition coefficient (Wildman–Crippen LogP) is -3.39. The van der Waals surface area contributed by atoms with E-state index in [0.29, 0.717) is 0 Å². The second-order valence-corrected chi connectivity index (χ2v) is 5.79. The Morgan fingerprint density at radius 2 is 1.58 bits per heavy atom. The van der Waals surface area contributed by atoms with Gasteiger partial charge in [-0.15, -0.1) is 0 Å². The minimum Gasteiger partial charge on any atom is -0.481 e. The first-order chi connectivity index (χ1) is 12.0. The van der Waals surface area contributed by atoms with Crippen LogP contribution in [0.15, 0.2) is 0 Å². The summed E-state index contributed by atoms with van der Waals surface area (Å²) >= 11 is 0. The van der Waals surface area contributed by atoms with Crippen molar-refractivity contribution in [2.45, 2.75) is 38.4 Å². The first-order valence-corrected chi connectivity index (χ1v) is 7.68. The summed E-state index contributed by atoms with van der Waals surface area (Å²) in [4.78, 5) is 56.8. The van der Waals surface area contributed by atoms with Crippen LogP contribution in [0, 0.1) is 5.92 Å². The van der Waals surface area contributed by atoms with Gasteiger partial charge in [0.2, 0.25) is 17.7 Å². The van der Waals surface area contributed by atoms with E-state index in [2.05, 4.69) is 16.0 Å². The van der Waals surface area contributed by atoms with Crippen LogP contribution in [0.25, 0.3) is 0 Å². The zero-order valence-corrected chi connectivity index (χ0v) is 14.4. The number of carbonyl (C=O) groups is 5. The van der Waals surface area contributed by atoms with Crippen LogP contribution in [0.5, 0.6) is 0 Å². The molecule has 26 heavy (non-hydrogen) atoms. The van der Waals surface area contributed by atoms with Crippen LogP contribution < -0.4 is 21.7 Å². The average molecular weight is 376 g/mol. The van der Waals surface area contributed by atoms with Crippen molar-refractivity contribution in [1.82, 2.24) is 16.0 Å². The number of rotatable bonds is 11. The lowest BCUT2D eigenvalue weighted by atomic mass is 10.0. The topological polar surface area (TPSA) is 208 Å². The highest BCUT2D eigenvalue weighted by Gasteiger charge is 2.28. The summed E-state index contributed by atoms with van der Waals surface area (Å²) in [5.41, 5.74) is 5.33. The van der Waals surface area contributed by atoms with Crippen molar-refractivity contribution in [3.05, 3.63) is 0 Å². The molecule has 3 amide bonds. The maximum Gasteiger partial charge on any atom is 0.328 e. The van der Waals surface area contributed by atoms with Crippen molar-refractivity contribution in [3.8, 4) is 0 Å². The van der Waals surface area contributed by atoms with E-state index in [0.717, 1.165) is 0 Å². The minimum absolute atomic E-state index is 0.419. The number of nitrogens with one attached hydrogen (secondary N) is 3. The number of carbonyl (C=O) groups excluding carboxylic acids is 3. The second kappa shape index (κ2) is 11.0. The summed E-state index contributed by atoms with van der Waals surface area (Å²) in [7, 11) is 0. The molecule has 0 aromatic rings. The lowest BCUT2D eigenvalue weighted by Gasteiger charge is -2.23. The predicted molar refractivity (Wildman–Crippen MR) is 86.7 cm³/mol. The quantitative estimate of drug-likeness (QED) is 0.191. The number of nitrogens with two attached hydrogens (primary N) is 1. The Bertz CT molecular complexity index is 551.